The van der Waals surface area contributed by atoms with E-state index in [1.807, 2.05) is 0 Å². The number of carboxylic acid groups (broad SMARTS) is 10. The maximum atomic E-state index is 12.7. The summed E-state index contributed by atoms with van der Waals surface area (Å²) in [5, 5.41) is 86.5. The standard InChI is InChI=1S/C14H20N2O6S.C13H16N2O6S.C12H14N2O6S.C12H16N2O6S.C10H12N2O6S/c1-3-14(4-2)11(21)15(7-5-9(17)18)13(23)16(12(14)22)8-6-10(19)20;16-8(17)2-6-14-10(20)13(4-1-5-13)11(21)15(12(14)22)7-3-9(18)19;15-7(16)1-5-13-9(19)12(3-4-12)10(20)14(11(13)21)6-2-8(17)18;1-12(2)9(19)13(5-3-7(15)16)11(21)14(10(12)20)6-4-8(17)18;13-6-5-7(14)12(4-2-9(17)18)10(19)11(6)3-1-8(15)16/h3-8H2,1-2H3,(H,17,18)(H,19,20);1-7H2,(H,16,17)(H,18,19);1-6H2,(H,15,16)(H,17,18);3-6H2,1-2H3,(H,15,16)(H,17,18);1-5H2,(H,15,16)(H,17,18). The molecule has 7 aliphatic rings. The predicted molar refractivity (Wildman–Crippen MR) is 372 cm³/mol. The maximum Gasteiger partial charge on any atom is 0.305 e. The molecular formula is C61H78N10O30S5. The van der Waals surface area contributed by atoms with Crippen molar-refractivity contribution in [2.24, 2.45) is 21.7 Å². The molecule has 0 atom stereocenters. The first kappa shape index (κ1) is 90.1. The third kappa shape index (κ3) is 22.2. The number of carboxylic acids is 10. The average molecular weight is 1590 g/mol. The monoisotopic (exact) mass is 1590 g/mol. The Morgan fingerprint density at radius 3 is 0.623 bits per heavy atom. The van der Waals surface area contributed by atoms with Crippen molar-refractivity contribution >= 4 is 205 Å². The minimum atomic E-state index is -1.40. The van der Waals surface area contributed by atoms with E-state index in [2.05, 4.69) is 0 Å². The van der Waals surface area contributed by atoms with Gasteiger partial charge in [-0.1, -0.05) is 20.3 Å². The van der Waals surface area contributed by atoms with E-state index in [0.29, 0.717) is 25.7 Å². The third-order valence-electron chi connectivity index (χ3n) is 17.4. The highest BCUT2D eigenvalue weighted by atomic mass is 32.1. The van der Waals surface area contributed by atoms with Gasteiger partial charge in [0.25, 0.3) is 0 Å². The SMILES string of the molecule is CC1(C)C(=O)N(CCC(=O)O)C(=S)N(CCC(=O)O)C1=O.CCC1(CC)C(=O)N(CCC(=O)O)C(=S)N(CCC(=O)O)C1=O.O=C(O)CCN1C(=O)C2(CC2)C(=O)N(CCC(=O)O)C1=S.O=C(O)CCN1C(=O)C2(CCC2)C(=O)N(CCC(=O)O)C1=S.O=C(O)CCN1C(=O)CC(=O)N(CCC(=O)O)C1=S. The second-order valence-electron chi connectivity index (χ2n) is 24.7. The Labute approximate surface area is 628 Å². The van der Waals surface area contributed by atoms with Gasteiger partial charge in [0, 0.05) is 65.4 Å². The van der Waals surface area contributed by atoms with E-state index in [-0.39, 0.29) is 168 Å². The number of hydrogen-bond donors (Lipinski definition) is 10. The van der Waals surface area contributed by atoms with Gasteiger partial charge >= 0.3 is 59.7 Å². The van der Waals surface area contributed by atoms with Crippen LogP contribution in [-0.4, -0.2) is 310 Å². The lowest BCUT2D eigenvalue weighted by molar-refractivity contribution is -0.164. The van der Waals surface area contributed by atoms with Gasteiger partial charge in [0.2, 0.25) is 59.1 Å². The zero-order valence-electron chi connectivity index (χ0n) is 57.4. The first-order valence-electron chi connectivity index (χ1n) is 32.3. The molecule has 106 heavy (non-hydrogen) atoms. The summed E-state index contributed by atoms with van der Waals surface area (Å²) in [4.78, 5) is 240. The molecule has 10 amide bonds. The van der Waals surface area contributed by atoms with Gasteiger partial charge in [0.15, 0.2) is 25.6 Å². The van der Waals surface area contributed by atoms with E-state index in [0.717, 1.165) is 55.4 Å². The molecule has 7 fully saturated rings. The zero-order valence-corrected chi connectivity index (χ0v) is 61.5. The summed E-state index contributed by atoms with van der Waals surface area (Å²) in [6.07, 6.45) is -0.686. The molecule has 0 aromatic carbocycles. The van der Waals surface area contributed by atoms with Gasteiger partial charge in [-0.05, 0) is 113 Å². The summed E-state index contributed by atoms with van der Waals surface area (Å²) < 4.78 is 0. The van der Waals surface area contributed by atoms with Crippen LogP contribution in [0.4, 0.5) is 0 Å². The smallest absolute Gasteiger partial charge is 0.305 e. The highest BCUT2D eigenvalue weighted by Gasteiger charge is 2.64. The van der Waals surface area contributed by atoms with Crippen LogP contribution >= 0.6 is 61.1 Å². The number of amides is 10. The van der Waals surface area contributed by atoms with E-state index in [4.69, 9.17) is 112 Å². The number of rotatable bonds is 32. The molecular weight excluding hydrogens is 1510 g/mol. The highest BCUT2D eigenvalue weighted by Crippen LogP contribution is 2.51. The topological polar surface area (TPSA) is 576 Å². The first-order chi connectivity index (χ1) is 49.2. The molecule has 45 heteroatoms. The molecule has 5 aliphatic heterocycles. The summed E-state index contributed by atoms with van der Waals surface area (Å²) in [7, 11) is 0. The van der Waals surface area contributed by atoms with E-state index in [1.54, 1.807) is 13.8 Å². The largest absolute Gasteiger partial charge is 0.481 e. The Morgan fingerprint density at radius 2 is 0.453 bits per heavy atom. The van der Waals surface area contributed by atoms with E-state index < -0.39 is 147 Å². The van der Waals surface area contributed by atoms with Gasteiger partial charge in [0.05, 0.1) is 64.2 Å². The highest BCUT2D eigenvalue weighted by molar-refractivity contribution is 7.81. The molecule has 2 saturated carbocycles. The molecule has 40 nitrogen and oxygen atoms in total. The van der Waals surface area contributed by atoms with Crippen LogP contribution in [0, 0.1) is 21.7 Å². The molecule has 0 bridgehead atoms. The van der Waals surface area contributed by atoms with Crippen molar-refractivity contribution in [3.8, 4) is 0 Å². The first-order valence-corrected chi connectivity index (χ1v) is 34.3. The van der Waals surface area contributed by atoms with Crippen LogP contribution in [0.25, 0.3) is 0 Å². The molecule has 2 aliphatic carbocycles. The van der Waals surface area contributed by atoms with Gasteiger partial charge < -0.3 is 51.1 Å². The number of aliphatic carboxylic acids is 10. The van der Waals surface area contributed by atoms with Crippen LogP contribution in [0.3, 0.4) is 0 Å². The van der Waals surface area contributed by atoms with Crippen LogP contribution < -0.4 is 0 Å². The van der Waals surface area contributed by atoms with Gasteiger partial charge in [-0.25, -0.2) is 0 Å². The third-order valence-corrected chi connectivity index (χ3v) is 19.6. The van der Waals surface area contributed by atoms with Crippen LogP contribution in [0.15, 0.2) is 0 Å². The molecule has 582 valence electrons. The van der Waals surface area contributed by atoms with Crippen molar-refractivity contribution < 1.29 is 147 Å². The van der Waals surface area contributed by atoms with Crippen molar-refractivity contribution in [2.45, 2.75) is 143 Å². The lowest BCUT2D eigenvalue weighted by Gasteiger charge is -2.49. The second-order valence-corrected chi connectivity index (χ2v) is 26.5. The molecule has 5 heterocycles. The Morgan fingerprint density at radius 1 is 0.283 bits per heavy atom. The molecule has 10 N–H and O–H groups in total. The van der Waals surface area contributed by atoms with Gasteiger partial charge in [-0.3, -0.25) is 145 Å². The van der Waals surface area contributed by atoms with Crippen molar-refractivity contribution in [3.63, 3.8) is 0 Å². The Balaban J connectivity index is 0.000000344. The van der Waals surface area contributed by atoms with Crippen molar-refractivity contribution in [1.29, 1.82) is 0 Å². The second kappa shape index (κ2) is 38.7. The number of hydrogen-bond acceptors (Lipinski definition) is 25. The molecule has 0 radical (unpaired) electrons. The van der Waals surface area contributed by atoms with Crippen LogP contribution in [0.2, 0.25) is 0 Å². The van der Waals surface area contributed by atoms with E-state index in [1.165, 1.54) is 13.8 Å². The van der Waals surface area contributed by atoms with Crippen molar-refractivity contribution in [2.75, 3.05) is 65.4 Å². The van der Waals surface area contributed by atoms with Gasteiger partial charge in [-0.15, -0.1) is 0 Å². The number of nitrogens with zero attached hydrogens (tertiary/aromatic N) is 10. The number of carbonyl (C=O) groups excluding carboxylic acids is 10. The minimum Gasteiger partial charge on any atom is -0.481 e. The predicted octanol–water partition coefficient (Wildman–Crippen LogP) is -0.369. The lowest BCUT2D eigenvalue weighted by Crippen LogP contribution is -2.67. The minimum absolute atomic E-state index is 0.102. The maximum absolute atomic E-state index is 12.7. The Hall–Kier alpha value is -10.1. The van der Waals surface area contributed by atoms with Crippen LogP contribution in [-0.2, 0) is 95.9 Å². The molecule has 2 spiro atoms. The summed E-state index contributed by atoms with van der Waals surface area (Å²) in [6, 6.07) is 0. The zero-order chi connectivity index (χ0) is 81.0. The lowest BCUT2D eigenvalue weighted by atomic mass is 9.66. The van der Waals surface area contributed by atoms with Crippen molar-refractivity contribution in [1.82, 2.24) is 49.0 Å². The summed E-state index contributed by atoms with van der Waals surface area (Å²) in [5.41, 5.74) is -5.06. The Kier molecular flexibility index (Phi) is 32.9. The normalized spacial score (nSPS) is 18.4. The van der Waals surface area contributed by atoms with Crippen LogP contribution in [0.1, 0.15) is 143 Å². The molecule has 7 rings (SSSR count). The molecule has 0 unspecified atom stereocenters. The fraction of sp³-hybridized carbons (Fsp3) is 0.590. The molecule has 5 saturated heterocycles. The molecule has 0 aromatic heterocycles. The van der Waals surface area contributed by atoms with E-state index >= 15 is 0 Å². The summed E-state index contributed by atoms with van der Waals surface area (Å²) >= 11 is 25.3. The number of thiocarbonyl (C=S) groups is 5. The van der Waals surface area contributed by atoms with Gasteiger partial charge in [-0.2, -0.15) is 0 Å². The van der Waals surface area contributed by atoms with Crippen molar-refractivity contribution in [3.05, 3.63) is 0 Å². The fourth-order valence-corrected chi connectivity index (χ4v) is 12.8. The van der Waals surface area contributed by atoms with Gasteiger partial charge in [0.1, 0.15) is 28.1 Å². The average Bonchev–Trinajstić information content (AvgIpc) is 1.45. The quantitative estimate of drug-likeness (QED) is 0.0303. The van der Waals surface area contributed by atoms with E-state index in [9.17, 15) is 95.9 Å². The molecule has 0 aromatic rings. The number of carbonyl (C=O) groups is 20. The summed E-state index contributed by atoms with van der Waals surface area (Å²) in [6.45, 7) is 4.83. The fourth-order valence-electron chi connectivity index (χ4n) is 11.0. The summed E-state index contributed by atoms with van der Waals surface area (Å²) in [5.74, 6) is -16.0. The Bertz CT molecular complexity index is 3400. The van der Waals surface area contributed by atoms with Crippen LogP contribution in [0.5, 0.6) is 0 Å².